The number of fused-ring (bicyclic) bond motifs is 1. The maximum absolute atomic E-state index is 5.76. The van der Waals surface area contributed by atoms with Crippen LogP contribution in [0.5, 0.6) is 34.5 Å². The molecule has 5 rings (SSSR count). The van der Waals surface area contributed by atoms with E-state index in [2.05, 4.69) is 41.0 Å². The summed E-state index contributed by atoms with van der Waals surface area (Å²) < 4.78 is 36.0. The lowest BCUT2D eigenvalue weighted by Crippen LogP contribution is -2.04. The summed E-state index contributed by atoms with van der Waals surface area (Å²) in [5.74, 6) is 4.18. The number of hydrogen-bond acceptors (Lipinski definition) is 6. The molecule has 0 amide bonds. The topological polar surface area (TPSA) is 60.3 Å². The number of aromatic nitrogens is 1. The van der Waals surface area contributed by atoms with Crippen LogP contribution < -0.4 is 28.4 Å². The van der Waals surface area contributed by atoms with Crippen LogP contribution in [0.4, 0.5) is 0 Å². The van der Waals surface area contributed by atoms with Gasteiger partial charge in [0.15, 0.2) is 11.5 Å². The van der Waals surface area contributed by atoms with E-state index in [1.54, 1.807) is 42.7 Å². The van der Waals surface area contributed by atoms with Crippen molar-refractivity contribution in [1.82, 2.24) is 4.57 Å². The Morgan fingerprint density at radius 2 is 1.07 bits per heavy atom. The van der Waals surface area contributed by atoms with E-state index in [1.165, 1.54) is 0 Å². The van der Waals surface area contributed by atoms with Crippen molar-refractivity contribution in [3.8, 4) is 45.8 Å². The van der Waals surface area contributed by atoms with Crippen LogP contribution >= 0.6 is 0 Å². The predicted molar refractivity (Wildman–Crippen MR) is 161 cm³/mol. The summed E-state index contributed by atoms with van der Waals surface area (Å²) in [6.07, 6.45) is 0.690. The number of rotatable bonds is 11. The lowest BCUT2D eigenvalue weighted by atomic mass is 9.97. The molecule has 0 unspecified atom stereocenters. The van der Waals surface area contributed by atoms with Gasteiger partial charge in [0.1, 0.15) is 17.2 Å². The summed E-state index contributed by atoms with van der Waals surface area (Å²) in [5, 5.41) is 1.11. The van der Waals surface area contributed by atoms with Gasteiger partial charge in [0.05, 0.1) is 48.4 Å². The highest BCUT2D eigenvalue weighted by atomic mass is 16.5. The Hall–Kier alpha value is -4.78. The van der Waals surface area contributed by atoms with Gasteiger partial charge in [-0.25, -0.2) is 0 Å². The smallest absolute Gasteiger partial charge is 0.203 e. The zero-order chi connectivity index (χ0) is 28.9. The van der Waals surface area contributed by atoms with Gasteiger partial charge in [-0.15, -0.1) is 0 Å². The third kappa shape index (κ3) is 5.48. The monoisotopic (exact) mass is 553 g/mol. The van der Waals surface area contributed by atoms with Crippen molar-refractivity contribution < 1.29 is 28.4 Å². The minimum Gasteiger partial charge on any atom is -0.497 e. The van der Waals surface area contributed by atoms with Gasteiger partial charge in [-0.2, -0.15) is 0 Å². The quantitative estimate of drug-likeness (QED) is 0.176. The minimum absolute atomic E-state index is 0.551. The lowest BCUT2D eigenvalue weighted by Gasteiger charge is -2.18. The van der Waals surface area contributed by atoms with Crippen molar-refractivity contribution >= 4 is 10.9 Å². The van der Waals surface area contributed by atoms with E-state index in [9.17, 15) is 0 Å². The van der Waals surface area contributed by atoms with Crippen LogP contribution in [0.2, 0.25) is 0 Å². The average molecular weight is 554 g/mol. The van der Waals surface area contributed by atoms with Gasteiger partial charge in [0, 0.05) is 29.4 Å². The molecule has 0 bridgehead atoms. The van der Waals surface area contributed by atoms with Crippen molar-refractivity contribution in [3.63, 3.8) is 0 Å². The normalized spacial score (nSPS) is 10.9. The third-order valence-corrected chi connectivity index (χ3v) is 7.35. The summed E-state index contributed by atoms with van der Waals surface area (Å²) in [7, 11) is 9.93. The third-order valence-electron chi connectivity index (χ3n) is 7.35. The highest BCUT2D eigenvalue weighted by Crippen LogP contribution is 2.45. The molecule has 1 aromatic heterocycles. The van der Waals surface area contributed by atoms with Crippen LogP contribution in [0.3, 0.4) is 0 Å². The number of methoxy groups -OCH3 is 6. The number of ether oxygens (including phenoxy) is 6. The summed E-state index contributed by atoms with van der Waals surface area (Å²) >= 11 is 0. The zero-order valence-corrected chi connectivity index (χ0v) is 24.3. The SMILES string of the molecule is COc1ccc(Cc2c(-c3cc(OC)c(OC)c(OC)c3)n(Cc3ccc(OC)cc3)c3ccc(OC)cc23)cc1. The molecule has 1 heterocycles. The van der Waals surface area contributed by atoms with E-state index in [4.69, 9.17) is 28.4 Å². The zero-order valence-electron chi connectivity index (χ0n) is 24.3. The first-order valence-electron chi connectivity index (χ1n) is 13.3. The summed E-state index contributed by atoms with van der Waals surface area (Å²) in [5.41, 5.74) is 6.56. The second-order valence-electron chi connectivity index (χ2n) is 9.58. The molecule has 0 aliphatic rings. The van der Waals surface area contributed by atoms with Crippen molar-refractivity contribution in [1.29, 1.82) is 0 Å². The highest BCUT2D eigenvalue weighted by molar-refractivity contribution is 5.94. The Morgan fingerprint density at radius 1 is 0.537 bits per heavy atom. The van der Waals surface area contributed by atoms with E-state index < -0.39 is 0 Å². The first kappa shape index (κ1) is 27.8. The van der Waals surface area contributed by atoms with Crippen LogP contribution in [0, 0.1) is 0 Å². The van der Waals surface area contributed by atoms with Crippen LogP contribution in [-0.2, 0) is 13.0 Å². The summed E-state index contributed by atoms with van der Waals surface area (Å²) in [4.78, 5) is 0. The van der Waals surface area contributed by atoms with E-state index in [0.717, 1.165) is 56.1 Å². The van der Waals surface area contributed by atoms with Crippen LogP contribution in [0.25, 0.3) is 22.2 Å². The first-order valence-corrected chi connectivity index (χ1v) is 13.3. The standard InChI is InChI=1S/C34H35NO6/c1-36-25-11-7-22(8-12-25)17-29-28-20-27(38-3)15-16-30(28)35(21-23-9-13-26(37-2)14-10-23)33(29)24-18-31(39-4)34(41-6)32(19-24)40-5/h7-16,18-20H,17,21H2,1-6H3. The Bertz CT molecular complexity index is 1610. The molecule has 0 spiro atoms. The molecule has 0 saturated heterocycles. The highest BCUT2D eigenvalue weighted by Gasteiger charge is 2.23. The molecular weight excluding hydrogens is 518 g/mol. The molecule has 0 aliphatic carbocycles. The van der Waals surface area contributed by atoms with Gasteiger partial charge in [0.25, 0.3) is 0 Å². The Morgan fingerprint density at radius 3 is 1.59 bits per heavy atom. The maximum Gasteiger partial charge on any atom is 0.203 e. The van der Waals surface area contributed by atoms with Crippen LogP contribution in [0.1, 0.15) is 16.7 Å². The molecule has 0 saturated carbocycles. The fraction of sp³-hybridized carbons (Fsp3) is 0.235. The number of hydrogen-bond donors (Lipinski definition) is 0. The van der Waals surface area contributed by atoms with Gasteiger partial charge >= 0.3 is 0 Å². The van der Waals surface area contributed by atoms with E-state index in [1.807, 2.05) is 42.5 Å². The second kappa shape index (κ2) is 12.2. The van der Waals surface area contributed by atoms with Crippen molar-refractivity contribution in [2.24, 2.45) is 0 Å². The molecule has 4 aromatic carbocycles. The van der Waals surface area contributed by atoms with Crippen molar-refractivity contribution in [2.75, 3.05) is 42.7 Å². The van der Waals surface area contributed by atoms with Gasteiger partial charge in [-0.1, -0.05) is 24.3 Å². The van der Waals surface area contributed by atoms with Gasteiger partial charge < -0.3 is 33.0 Å². The second-order valence-corrected chi connectivity index (χ2v) is 9.58. The molecule has 212 valence electrons. The van der Waals surface area contributed by atoms with Gasteiger partial charge in [-0.05, 0) is 71.3 Å². The number of benzene rings is 4. The molecule has 0 N–H and O–H groups in total. The van der Waals surface area contributed by atoms with Crippen LogP contribution in [0.15, 0.2) is 78.9 Å². The first-order chi connectivity index (χ1) is 20.0. The van der Waals surface area contributed by atoms with Gasteiger partial charge in [0.2, 0.25) is 5.75 Å². The lowest BCUT2D eigenvalue weighted by molar-refractivity contribution is 0.324. The summed E-state index contributed by atoms with van der Waals surface area (Å²) in [6.45, 7) is 0.640. The molecule has 5 aromatic rings. The molecule has 0 aliphatic heterocycles. The fourth-order valence-corrected chi connectivity index (χ4v) is 5.28. The molecule has 41 heavy (non-hydrogen) atoms. The maximum atomic E-state index is 5.76. The van der Waals surface area contributed by atoms with Gasteiger partial charge in [-0.3, -0.25) is 0 Å². The molecule has 0 fully saturated rings. The summed E-state index contributed by atoms with van der Waals surface area (Å²) in [6, 6.07) is 26.6. The van der Waals surface area contributed by atoms with E-state index in [-0.39, 0.29) is 0 Å². The van der Waals surface area contributed by atoms with E-state index in [0.29, 0.717) is 30.2 Å². The minimum atomic E-state index is 0.551. The van der Waals surface area contributed by atoms with Crippen LogP contribution in [-0.4, -0.2) is 47.2 Å². The Labute approximate surface area is 240 Å². The fourth-order valence-electron chi connectivity index (χ4n) is 5.28. The molecule has 7 nitrogen and oxygen atoms in total. The van der Waals surface area contributed by atoms with Crippen molar-refractivity contribution in [2.45, 2.75) is 13.0 Å². The molecule has 0 atom stereocenters. The Balaban J connectivity index is 1.80. The molecule has 0 radical (unpaired) electrons. The molecule has 7 heteroatoms. The Kier molecular flexibility index (Phi) is 8.24. The average Bonchev–Trinajstić information content (AvgIpc) is 3.32. The number of nitrogens with zero attached hydrogens (tertiary/aromatic N) is 1. The van der Waals surface area contributed by atoms with Crippen molar-refractivity contribution in [3.05, 3.63) is 95.6 Å². The predicted octanol–water partition coefficient (Wildman–Crippen LogP) is 7.00. The molecular formula is C34H35NO6. The largest absolute Gasteiger partial charge is 0.497 e. The van der Waals surface area contributed by atoms with E-state index >= 15 is 0 Å².